The summed E-state index contributed by atoms with van der Waals surface area (Å²) in [4.78, 5) is 14.7. The van der Waals surface area contributed by atoms with E-state index in [9.17, 15) is 4.79 Å². The van der Waals surface area contributed by atoms with Gasteiger partial charge in [-0.3, -0.25) is 5.32 Å². The predicted octanol–water partition coefficient (Wildman–Crippen LogP) is 1.89. The Morgan fingerprint density at radius 2 is 2.50 bits per heavy atom. The van der Waals surface area contributed by atoms with Crippen LogP contribution in [0, 0.1) is 11.3 Å². The monoisotopic (exact) mass is 255 g/mol. The maximum absolute atomic E-state index is 10.8. The molecule has 0 aliphatic rings. The minimum atomic E-state index is -0.656. The molecule has 0 aliphatic heterocycles. The Hall–Kier alpha value is -1.61. The van der Waals surface area contributed by atoms with E-state index >= 15 is 0 Å². The molecule has 0 atom stereocenters. The highest BCUT2D eigenvalue weighted by molar-refractivity contribution is 9.10. The van der Waals surface area contributed by atoms with Crippen LogP contribution in [-0.4, -0.2) is 18.2 Å². The molecule has 0 fully saturated rings. The molecule has 1 aromatic heterocycles. The maximum atomic E-state index is 10.8. The summed E-state index contributed by atoms with van der Waals surface area (Å²) in [7, 11) is 1.24. The number of carbonyl (C=O) groups is 1. The molecule has 72 valence electrons. The molecule has 0 aromatic carbocycles. The lowest BCUT2D eigenvalue weighted by atomic mass is 10.3. The molecule has 0 bridgehead atoms. The van der Waals surface area contributed by atoms with E-state index in [1.54, 1.807) is 6.07 Å². The Labute approximate surface area is 88.8 Å². The third-order valence-electron chi connectivity index (χ3n) is 1.38. The second kappa shape index (κ2) is 4.58. The van der Waals surface area contributed by atoms with Crippen molar-refractivity contribution in [2.24, 2.45) is 0 Å². The van der Waals surface area contributed by atoms with Crippen LogP contribution in [0.25, 0.3) is 0 Å². The summed E-state index contributed by atoms with van der Waals surface area (Å²) in [6.45, 7) is 0. The van der Waals surface area contributed by atoms with E-state index in [1.165, 1.54) is 13.3 Å². The van der Waals surface area contributed by atoms with Crippen LogP contribution in [0.5, 0.6) is 0 Å². The molecule has 0 spiro atoms. The molecule has 1 aromatic rings. The van der Waals surface area contributed by atoms with E-state index in [1.807, 2.05) is 6.07 Å². The fourth-order valence-corrected chi connectivity index (χ4v) is 1.10. The summed E-state index contributed by atoms with van der Waals surface area (Å²) in [5.41, 5.74) is 0.268. The number of methoxy groups -OCH3 is 1. The van der Waals surface area contributed by atoms with Crippen molar-refractivity contribution in [3.63, 3.8) is 0 Å². The molecule has 6 heteroatoms. The van der Waals surface area contributed by atoms with Crippen molar-refractivity contribution in [3.05, 3.63) is 22.3 Å². The first-order valence-electron chi connectivity index (χ1n) is 3.58. The van der Waals surface area contributed by atoms with Crippen molar-refractivity contribution in [1.29, 1.82) is 5.26 Å². The molecule has 0 saturated carbocycles. The molecular weight excluding hydrogens is 250 g/mol. The van der Waals surface area contributed by atoms with Crippen LogP contribution < -0.4 is 5.32 Å². The number of amides is 1. The molecule has 1 heterocycles. The SMILES string of the molecule is COC(=O)Nc1ncc(Br)cc1C#N. The molecule has 1 amide bonds. The first-order chi connectivity index (χ1) is 6.67. The van der Waals surface area contributed by atoms with Crippen LogP contribution in [0.4, 0.5) is 10.6 Å². The molecule has 0 saturated heterocycles. The highest BCUT2D eigenvalue weighted by Crippen LogP contribution is 2.16. The first-order valence-corrected chi connectivity index (χ1v) is 4.37. The average molecular weight is 256 g/mol. The average Bonchev–Trinajstić information content (AvgIpc) is 2.20. The number of rotatable bonds is 1. The number of aromatic nitrogens is 1. The van der Waals surface area contributed by atoms with Crippen LogP contribution in [0.3, 0.4) is 0 Å². The van der Waals surface area contributed by atoms with Crippen LogP contribution >= 0.6 is 15.9 Å². The zero-order valence-electron chi connectivity index (χ0n) is 7.24. The second-order valence-electron chi connectivity index (χ2n) is 2.28. The Morgan fingerprint density at radius 1 is 1.79 bits per heavy atom. The lowest BCUT2D eigenvalue weighted by Crippen LogP contribution is -2.13. The summed E-state index contributed by atoms with van der Waals surface area (Å²) in [5.74, 6) is 0.183. The van der Waals surface area contributed by atoms with Crippen molar-refractivity contribution in [2.45, 2.75) is 0 Å². The third-order valence-corrected chi connectivity index (χ3v) is 1.81. The van der Waals surface area contributed by atoms with Crippen molar-refractivity contribution in [3.8, 4) is 6.07 Å². The van der Waals surface area contributed by atoms with E-state index < -0.39 is 6.09 Å². The molecule has 1 N–H and O–H groups in total. The summed E-state index contributed by atoms with van der Waals surface area (Å²) in [5, 5.41) is 11.0. The van der Waals surface area contributed by atoms with E-state index in [0.29, 0.717) is 4.47 Å². The molecular formula is C8H6BrN3O2. The zero-order valence-corrected chi connectivity index (χ0v) is 8.83. The van der Waals surface area contributed by atoms with Crippen molar-refractivity contribution < 1.29 is 9.53 Å². The lowest BCUT2D eigenvalue weighted by Gasteiger charge is -2.03. The van der Waals surface area contributed by atoms with Gasteiger partial charge in [0.15, 0.2) is 5.82 Å². The number of hydrogen-bond donors (Lipinski definition) is 1. The fourth-order valence-electron chi connectivity index (χ4n) is 0.772. The van der Waals surface area contributed by atoms with Gasteiger partial charge in [0.2, 0.25) is 0 Å². The van der Waals surface area contributed by atoms with Gasteiger partial charge in [-0.25, -0.2) is 9.78 Å². The van der Waals surface area contributed by atoms with Crippen molar-refractivity contribution in [2.75, 3.05) is 12.4 Å². The molecule has 14 heavy (non-hydrogen) atoms. The van der Waals surface area contributed by atoms with Gasteiger partial charge >= 0.3 is 6.09 Å². The summed E-state index contributed by atoms with van der Waals surface area (Å²) < 4.78 is 5.04. The largest absolute Gasteiger partial charge is 0.453 e. The highest BCUT2D eigenvalue weighted by Gasteiger charge is 2.07. The normalized spacial score (nSPS) is 8.93. The van der Waals surface area contributed by atoms with Gasteiger partial charge in [0.1, 0.15) is 6.07 Å². The summed E-state index contributed by atoms with van der Waals surface area (Å²) in [6, 6.07) is 3.46. The molecule has 0 radical (unpaired) electrons. The Kier molecular flexibility index (Phi) is 3.42. The van der Waals surface area contributed by atoms with Gasteiger partial charge in [0, 0.05) is 10.7 Å². The van der Waals surface area contributed by atoms with Crippen LogP contribution in [0.1, 0.15) is 5.56 Å². The minimum absolute atomic E-state index is 0.183. The van der Waals surface area contributed by atoms with Gasteiger partial charge < -0.3 is 4.74 Å². The topological polar surface area (TPSA) is 75.0 Å². The molecule has 5 nitrogen and oxygen atoms in total. The number of carbonyl (C=O) groups excluding carboxylic acids is 1. The van der Waals surface area contributed by atoms with E-state index in [0.717, 1.165) is 0 Å². The number of halogens is 1. The highest BCUT2D eigenvalue weighted by atomic mass is 79.9. The van der Waals surface area contributed by atoms with Gasteiger partial charge in [0.25, 0.3) is 0 Å². The van der Waals surface area contributed by atoms with Crippen molar-refractivity contribution >= 4 is 27.8 Å². The minimum Gasteiger partial charge on any atom is -0.453 e. The summed E-state index contributed by atoms with van der Waals surface area (Å²) in [6.07, 6.45) is 0.822. The maximum Gasteiger partial charge on any atom is 0.412 e. The fraction of sp³-hybridized carbons (Fsp3) is 0.125. The molecule has 1 rings (SSSR count). The summed E-state index contributed by atoms with van der Waals surface area (Å²) >= 11 is 3.16. The molecule has 0 aliphatic carbocycles. The number of nitrogens with one attached hydrogen (secondary N) is 1. The van der Waals surface area contributed by atoms with Gasteiger partial charge in [-0.2, -0.15) is 5.26 Å². The lowest BCUT2D eigenvalue weighted by molar-refractivity contribution is 0.187. The first kappa shape index (κ1) is 10.5. The van der Waals surface area contributed by atoms with Gasteiger partial charge in [-0.05, 0) is 22.0 Å². The zero-order chi connectivity index (χ0) is 10.6. The van der Waals surface area contributed by atoms with Crippen molar-refractivity contribution in [1.82, 2.24) is 4.98 Å². The standard InChI is InChI=1S/C8H6BrN3O2/c1-14-8(13)12-7-5(3-10)2-6(9)4-11-7/h2,4H,1H3,(H,11,12,13). The predicted molar refractivity (Wildman–Crippen MR) is 52.7 cm³/mol. The smallest absolute Gasteiger partial charge is 0.412 e. The van der Waals surface area contributed by atoms with Gasteiger partial charge in [-0.15, -0.1) is 0 Å². The number of nitrogens with zero attached hydrogens (tertiary/aromatic N) is 2. The number of hydrogen-bond acceptors (Lipinski definition) is 4. The quantitative estimate of drug-likeness (QED) is 0.832. The van der Waals surface area contributed by atoms with E-state index in [4.69, 9.17) is 5.26 Å². The molecule has 0 unspecified atom stereocenters. The number of pyridine rings is 1. The third kappa shape index (κ3) is 2.44. The number of nitriles is 1. The second-order valence-corrected chi connectivity index (χ2v) is 3.19. The Bertz CT molecular complexity index is 400. The van der Waals surface area contributed by atoms with Crippen LogP contribution in [0.15, 0.2) is 16.7 Å². The van der Waals surface area contributed by atoms with Crippen LogP contribution in [-0.2, 0) is 4.74 Å². The van der Waals surface area contributed by atoms with E-state index in [-0.39, 0.29) is 11.4 Å². The number of ether oxygens (including phenoxy) is 1. The Morgan fingerprint density at radius 3 is 3.07 bits per heavy atom. The van der Waals surface area contributed by atoms with Crippen LogP contribution in [0.2, 0.25) is 0 Å². The van der Waals surface area contributed by atoms with Gasteiger partial charge in [-0.1, -0.05) is 0 Å². The van der Waals surface area contributed by atoms with Gasteiger partial charge in [0.05, 0.1) is 12.7 Å². The number of anilines is 1. The Balaban J connectivity index is 2.98. The van der Waals surface area contributed by atoms with E-state index in [2.05, 4.69) is 31.0 Å².